The lowest BCUT2D eigenvalue weighted by Gasteiger charge is -2.31. The molecule has 0 aliphatic carbocycles. The average molecular weight is 239 g/mol. The van der Waals surface area contributed by atoms with Gasteiger partial charge in [-0.15, -0.1) is 0 Å². The van der Waals surface area contributed by atoms with Crippen LogP contribution < -0.4 is 10.7 Å². The standard InChI is InChI=1S/C14H29N3/c1-13(16-17-10-6-3-7-11-17)12-14-8-4-2-5-9-15-14/h13-16H,2-12H2,1H3. The van der Waals surface area contributed by atoms with Gasteiger partial charge < -0.3 is 5.32 Å². The molecule has 100 valence electrons. The Morgan fingerprint density at radius 2 is 1.88 bits per heavy atom. The third-order valence-corrected chi connectivity index (χ3v) is 4.06. The van der Waals surface area contributed by atoms with Gasteiger partial charge in [0.05, 0.1) is 0 Å². The maximum Gasteiger partial charge on any atom is 0.0201 e. The number of piperidine rings is 1. The molecule has 2 unspecified atom stereocenters. The van der Waals surface area contributed by atoms with Crippen molar-refractivity contribution < 1.29 is 0 Å². The Morgan fingerprint density at radius 3 is 2.71 bits per heavy atom. The van der Waals surface area contributed by atoms with Crippen LogP contribution in [-0.4, -0.2) is 36.7 Å². The molecule has 0 bridgehead atoms. The first-order valence-electron chi connectivity index (χ1n) is 7.59. The van der Waals surface area contributed by atoms with E-state index < -0.39 is 0 Å². The van der Waals surface area contributed by atoms with E-state index in [1.54, 1.807) is 0 Å². The molecule has 0 spiro atoms. The van der Waals surface area contributed by atoms with E-state index in [0.29, 0.717) is 6.04 Å². The van der Waals surface area contributed by atoms with Crippen molar-refractivity contribution in [3.05, 3.63) is 0 Å². The summed E-state index contributed by atoms with van der Waals surface area (Å²) in [7, 11) is 0. The summed E-state index contributed by atoms with van der Waals surface area (Å²) in [5.74, 6) is 0. The van der Waals surface area contributed by atoms with Crippen LogP contribution in [0, 0.1) is 0 Å². The van der Waals surface area contributed by atoms with Crippen LogP contribution in [0.15, 0.2) is 0 Å². The van der Waals surface area contributed by atoms with Crippen molar-refractivity contribution >= 4 is 0 Å². The van der Waals surface area contributed by atoms with E-state index in [-0.39, 0.29) is 0 Å². The van der Waals surface area contributed by atoms with Crippen LogP contribution in [0.25, 0.3) is 0 Å². The van der Waals surface area contributed by atoms with Crippen LogP contribution >= 0.6 is 0 Å². The summed E-state index contributed by atoms with van der Waals surface area (Å²) in [5.41, 5.74) is 3.68. The molecular weight excluding hydrogens is 210 g/mol. The molecular formula is C14H29N3. The molecule has 3 heteroatoms. The van der Waals surface area contributed by atoms with Gasteiger partial charge in [-0.2, -0.15) is 0 Å². The smallest absolute Gasteiger partial charge is 0.0201 e. The minimum absolute atomic E-state index is 0.615. The number of nitrogens with zero attached hydrogens (tertiary/aromatic N) is 1. The highest BCUT2D eigenvalue weighted by atomic mass is 15.5. The quantitative estimate of drug-likeness (QED) is 0.788. The van der Waals surface area contributed by atoms with Gasteiger partial charge in [0, 0.05) is 25.2 Å². The molecule has 0 aromatic rings. The molecule has 2 aliphatic rings. The fourth-order valence-electron chi connectivity index (χ4n) is 3.12. The van der Waals surface area contributed by atoms with Gasteiger partial charge in [-0.3, -0.25) is 5.43 Å². The zero-order valence-electron chi connectivity index (χ0n) is 11.4. The Hall–Kier alpha value is -0.120. The first-order valence-corrected chi connectivity index (χ1v) is 7.59. The van der Waals surface area contributed by atoms with Gasteiger partial charge in [-0.25, -0.2) is 5.01 Å². The van der Waals surface area contributed by atoms with Gasteiger partial charge >= 0.3 is 0 Å². The third-order valence-electron chi connectivity index (χ3n) is 4.06. The number of rotatable bonds is 4. The summed E-state index contributed by atoms with van der Waals surface area (Å²) in [4.78, 5) is 0. The second-order valence-electron chi connectivity index (χ2n) is 5.81. The van der Waals surface area contributed by atoms with Crippen molar-refractivity contribution in [2.75, 3.05) is 19.6 Å². The van der Waals surface area contributed by atoms with E-state index in [1.807, 2.05) is 0 Å². The van der Waals surface area contributed by atoms with Crippen LogP contribution in [0.4, 0.5) is 0 Å². The van der Waals surface area contributed by atoms with E-state index in [1.165, 1.54) is 71.0 Å². The number of hydrazine groups is 1. The zero-order chi connectivity index (χ0) is 11.9. The molecule has 2 atom stereocenters. The van der Waals surface area contributed by atoms with Crippen molar-refractivity contribution in [2.45, 2.75) is 70.4 Å². The molecule has 3 nitrogen and oxygen atoms in total. The molecule has 17 heavy (non-hydrogen) atoms. The van der Waals surface area contributed by atoms with Gasteiger partial charge in [0.15, 0.2) is 0 Å². The number of nitrogens with one attached hydrogen (secondary N) is 2. The second kappa shape index (κ2) is 7.34. The third kappa shape index (κ3) is 4.94. The van der Waals surface area contributed by atoms with Crippen molar-refractivity contribution in [2.24, 2.45) is 0 Å². The topological polar surface area (TPSA) is 27.3 Å². The van der Waals surface area contributed by atoms with Gasteiger partial charge in [0.1, 0.15) is 0 Å². The molecule has 0 amide bonds. The molecule has 2 heterocycles. The van der Waals surface area contributed by atoms with Crippen LogP contribution in [0.1, 0.15) is 58.3 Å². The summed E-state index contributed by atoms with van der Waals surface area (Å²) in [6.07, 6.45) is 11.0. The lowest BCUT2D eigenvalue weighted by Crippen LogP contribution is -2.48. The Morgan fingerprint density at radius 1 is 1.12 bits per heavy atom. The van der Waals surface area contributed by atoms with Crippen LogP contribution in [0.2, 0.25) is 0 Å². The fourth-order valence-corrected chi connectivity index (χ4v) is 3.12. The van der Waals surface area contributed by atoms with Crippen LogP contribution in [0.3, 0.4) is 0 Å². The predicted molar refractivity (Wildman–Crippen MR) is 72.9 cm³/mol. The van der Waals surface area contributed by atoms with Crippen LogP contribution in [-0.2, 0) is 0 Å². The minimum atomic E-state index is 0.615. The average Bonchev–Trinajstić information content (AvgIpc) is 2.59. The molecule has 2 rings (SSSR count). The molecule has 2 aliphatic heterocycles. The number of hydrogen-bond donors (Lipinski definition) is 2. The van der Waals surface area contributed by atoms with Crippen molar-refractivity contribution in [1.29, 1.82) is 0 Å². The van der Waals surface area contributed by atoms with Crippen LogP contribution in [0.5, 0.6) is 0 Å². The zero-order valence-corrected chi connectivity index (χ0v) is 11.4. The largest absolute Gasteiger partial charge is 0.314 e. The highest BCUT2D eigenvalue weighted by molar-refractivity contribution is 4.76. The molecule has 0 saturated carbocycles. The highest BCUT2D eigenvalue weighted by Crippen LogP contribution is 2.13. The lowest BCUT2D eigenvalue weighted by molar-refractivity contribution is 0.126. The SMILES string of the molecule is CC(CC1CCCCCN1)NN1CCCCC1. The Kier molecular flexibility index (Phi) is 5.75. The number of hydrogen-bond acceptors (Lipinski definition) is 3. The molecule has 2 saturated heterocycles. The van der Waals surface area contributed by atoms with Gasteiger partial charge in [-0.05, 0) is 45.6 Å². The van der Waals surface area contributed by atoms with Gasteiger partial charge in [-0.1, -0.05) is 19.3 Å². The van der Waals surface area contributed by atoms with E-state index in [2.05, 4.69) is 22.7 Å². The minimum Gasteiger partial charge on any atom is -0.314 e. The normalized spacial score (nSPS) is 29.8. The summed E-state index contributed by atoms with van der Waals surface area (Å²) in [5, 5.41) is 6.13. The summed E-state index contributed by atoms with van der Waals surface area (Å²) >= 11 is 0. The van der Waals surface area contributed by atoms with Gasteiger partial charge in [0.2, 0.25) is 0 Å². The highest BCUT2D eigenvalue weighted by Gasteiger charge is 2.17. The molecule has 0 aromatic carbocycles. The molecule has 0 aromatic heterocycles. The van der Waals surface area contributed by atoms with Gasteiger partial charge in [0.25, 0.3) is 0 Å². The Balaban J connectivity index is 1.66. The predicted octanol–water partition coefficient (Wildman–Crippen LogP) is 2.29. The van der Waals surface area contributed by atoms with Crippen molar-refractivity contribution in [1.82, 2.24) is 15.8 Å². The summed E-state index contributed by atoms with van der Waals surface area (Å²) in [6, 6.07) is 1.36. The molecule has 2 N–H and O–H groups in total. The first kappa shape index (κ1) is 13.3. The molecule has 2 fully saturated rings. The molecule has 0 radical (unpaired) electrons. The summed E-state index contributed by atoms with van der Waals surface area (Å²) in [6.45, 7) is 6.03. The van der Waals surface area contributed by atoms with Crippen molar-refractivity contribution in [3.8, 4) is 0 Å². The fraction of sp³-hybridized carbons (Fsp3) is 1.00. The Bertz CT molecular complexity index is 194. The van der Waals surface area contributed by atoms with E-state index >= 15 is 0 Å². The van der Waals surface area contributed by atoms with E-state index in [9.17, 15) is 0 Å². The van der Waals surface area contributed by atoms with Crippen molar-refractivity contribution in [3.63, 3.8) is 0 Å². The maximum absolute atomic E-state index is 3.69. The Labute approximate surface area is 106 Å². The second-order valence-corrected chi connectivity index (χ2v) is 5.81. The first-order chi connectivity index (χ1) is 8.34. The van der Waals surface area contributed by atoms with E-state index in [0.717, 1.165) is 6.04 Å². The maximum atomic E-state index is 3.69. The van der Waals surface area contributed by atoms with E-state index in [4.69, 9.17) is 0 Å². The summed E-state index contributed by atoms with van der Waals surface area (Å²) < 4.78 is 0. The monoisotopic (exact) mass is 239 g/mol. The lowest BCUT2D eigenvalue weighted by atomic mass is 10.0.